The second kappa shape index (κ2) is 7.40. The summed E-state index contributed by atoms with van der Waals surface area (Å²) >= 11 is 0. The maximum Gasteiger partial charge on any atom is 0.237 e. The largest absolute Gasteiger partial charge is 0.872 e. The molecule has 0 saturated heterocycles. The van der Waals surface area contributed by atoms with Crippen molar-refractivity contribution in [3.63, 3.8) is 0 Å². The van der Waals surface area contributed by atoms with Crippen molar-refractivity contribution in [3.05, 3.63) is 71.6 Å². The van der Waals surface area contributed by atoms with E-state index in [2.05, 4.69) is 5.32 Å². The van der Waals surface area contributed by atoms with E-state index in [0.29, 0.717) is 11.3 Å². The number of carbonyl (C=O) groups excluding carboxylic acids is 1. The number of amides is 1. The first-order valence-electron chi connectivity index (χ1n) is 6.31. The molecule has 5 heteroatoms. The van der Waals surface area contributed by atoms with Crippen LogP contribution in [0.1, 0.15) is 5.56 Å². The summed E-state index contributed by atoms with van der Waals surface area (Å²) < 4.78 is 11.8. The summed E-state index contributed by atoms with van der Waals surface area (Å²) in [4.78, 5) is 11.7. The lowest BCUT2D eigenvalue weighted by molar-refractivity contribution is -0.243. The van der Waals surface area contributed by atoms with Crippen LogP contribution in [-0.2, 0) is 15.6 Å². The van der Waals surface area contributed by atoms with Gasteiger partial charge in [0, 0.05) is 5.69 Å². The second-order valence-electron chi connectivity index (χ2n) is 4.29. The molecule has 0 spiro atoms. The number of rotatable bonds is 5. The summed E-state index contributed by atoms with van der Waals surface area (Å²) in [5.74, 6) is -0.980. The lowest BCUT2D eigenvalue weighted by Crippen LogP contribution is -2.19. The van der Waals surface area contributed by atoms with Crippen molar-refractivity contribution in [3.8, 4) is 0 Å². The molecule has 2 aromatic rings. The fraction of sp³-hybridized carbons (Fsp3) is 0.0625. The number of benzene rings is 2. The molecule has 0 bridgehead atoms. The Labute approximate surface area is 125 Å². The number of para-hydroxylation sites is 1. The molecule has 2 aromatic carbocycles. The van der Waals surface area contributed by atoms with Crippen molar-refractivity contribution in [1.29, 1.82) is 0 Å². The van der Waals surface area contributed by atoms with Gasteiger partial charge in [-0.1, -0.05) is 54.3 Å². The van der Waals surface area contributed by atoms with E-state index in [4.69, 9.17) is 0 Å². The van der Waals surface area contributed by atoms with Crippen molar-refractivity contribution in [2.24, 2.45) is 0 Å². The number of hydrogen-bond donors (Lipinski definition) is 1. The molecule has 1 N–H and O–H groups in total. The minimum Gasteiger partial charge on any atom is -0.872 e. The molecule has 108 valence electrons. The van der Waals surface area contributed by atoms with Gasteiger partial charge in [0.2, 0.25) is 5.91 Å². The molecule has 1 atom stereocenters. The molecule has 4 nitrogen and oxygen atoms in total. The zero-order valence-electron chi connectivity index (χ0n) is 11.2. The van der Waals surface area contributed by atoms with Gasteiger partial charge in [0.25, 0.3) is 0 Å². The third kappa shape index (κ3) is 4.89. The second-order valence-corrected chi connectivity index (χ2v) is 5.57. The fourth-order valence-electron chi connectivity index (χ4n) is 1.68. The Morgan fingerprint density at radius 3 is 2.24 bits per heavy atom. The summed E-state index contributed by atoms with van der Waals surface area (Å²) in [6.45, 7) is 0. The van der Waals surface area contributed by atoms with Crippen LogP contribution in [0.2, 0.25) is 0 Å². The van der Waals surface area contributed by atoms with Gasteiger partial charge in [-0.3, -0.25) is 9.00 Å². The van der Waals surface area contributed by atoms with Crippen molar-refractivity contribution in [2.75, 3.05) is 11.1 Å². The Kier molecular flexibility index (Phi) is 5.29. The minimum absolute atomic E-state index is 0.243. The normalized spacial score (nSPS) is 12.7. The standard InChI is InChI=1S/C16H15NO3S/c18-15(13-7-3-1-4-8-13)11-21(20)12-16(19)17-14-9-5-2-6-10-14/h1-11,18H,12H2,(H,17,19)/p-1/b15-11-. The third-order valence-corrected chi connectivity index (χ3v) is 3.65. The first-order chi connectivity index (χ1) is 10.1. The maximum atomic E-state index is 11.8. The lowest BCUT2D eigenvalue weighted by atomic mass is 10.2. The highest BCUT2D eigenvalue weighted by molar-refractivity contribution is 7.88. The number of hydrogen-bond acceptors (Lipinski definition) is 3. The van der Waals surface area contributed by atoms with E-state index in [9.17, 15) is 14.1 Å². The van der Waals surface area contributed by atoms with Crippen LogP contribution in [0.3, 0.4) is 0 Å². The van der Waals surface area contributed by atoms with Crippen LogP contribution >= 0.6 is 0 Å². The summed E-state index contributed by atoms with van der Waals surface area (Å²) in [6, 6.07) is 17.4. The van der Waals surface area contributed by atoms with Crippen molar-refractivity contribution in [1.82, 2.24) is 0 Å². The van der Waals surface area contributed by atoms with Crippen molar-refractivity contribution < 1.29 is 14.1 Å². The van der Waals surface area contributed by atoms with Crippen molar-refractivity contribution in [2.45, 2.75) is 0 Å². The van der Waals surface area contributed by atoms with E-state index in [1.54, 1.807) is 54.6 Å². The Morgan fingerprint density at radius 1 is 1.05 bits per heavy atom. The third-order valence-electron chi connectivity index (χ3n) is 2.63. The number of carbonyl (C=O) groups is 1. The van der Waals surface area contributed by atoms with Gasteiger partial charge >= 0.3 is 0 Å². The maximum absolute atomic E-state index is 11.8. The number of anilines is 1. The quantitative estimate of drug-likeness (QED) is 0.855. The Morgan fingerprint density at radius 2 is 1.62 bits per heavy atom. The van der Waals surface area contributed by atoms with Gasteiger partial charge in [-0.15, -0.1) is 0 Å². The highest BCUT2D eigenvalue weighted by Crippen LogP contribution is 2.09. The van der Waals surface area contributed by atoms with E-state index in [1.807, 2.05) is 6.07 Å². The molecule has 0 aliphatic heterocycles. The summed E-state index contributed by atoms with van der Waals surface area (Å²) in [5, 5.41) is 15.5. The molecule has 0 heterocycles. The molecule has 0 aliphatic carbocycles. The summed E-state index contributed by atoms with van der Waals surface area (Å²) in [6.07, 6.45) is 0. The molecular formula is C16H14NO3S-. The predicted octanol–water partition coefficient (Wildman–Crippen LogP) is 1.73. The van der Waals surface area contributed by atoms with Gasteiger partial charge in [0.05, 0.1) is 10.8 Å². The fourth-order valence-corrected chi connectivity index (χ4v) is 2.47. The summed E-state index contributed by atoms with van der Waals surface area (Å²) in [5.41, 5.74) is 1.09. The van der Waals surface area contributed by atoms with Crippen LogP contribution < -0.4 is 10.4 Å². The van der Waals surface area contributed by atoms with Gasteiger partial charge in [0.15, 0.2) is 0 Å². The van der Waals surface area contributed by atoms with E-state index < -0.39 is 16.7 Å². The highest BCUT2D eigenvalue weighted by Gasteiger charge is 2.06. The van der Waals surface area contributed by atoms with Crippen LogP contribution in [0.5, 0.6) is 0 Å². The van der Waals surface area contributed by atoms with Crippen LogP contribution in [-0.4, -0.2) is 15.9 Å². The van der Waals surface area contributed by atoms with Gasteiger partial charge in [-0.2, -0.15) is 0 Å². The van der Waals surface area contributed by atoms with Gasteiger partial charge < -0.3 is 10.4 Å². The lowest BCUT2D eigenvalue weighted by Gasteiger charge is -2.11. The van der Waals surface area contributed by atoms with Crippen LogP contribution in [0.25, 0.3) is 5.76 Å². The van der Waals surface area contributed by atoms with E-state index in [0.717, 1.165) is 5.41 Å². The zero-order chi connectivity index (χ0) is 15.1. The van der Waals surface area contributed by atoms with Crippen molar-refractivity contribution >= 4 is 28.2 Å². The Balaban J connectivity index is 1.94. The number of nitrogens with one attached hydrogen (secondary N) is 1. The zero-order valence-corrected chi connectivity index (χ0v) is 12.0. The van der Waals surface area contributed by atoms with Gasteiger partial charge in [0.1, 0.15) is 5.75 Å². The molecule has 21 heavy (non-hydrogen) atoms. The first-order valence-corrected chi connectivity index (χ1v) is 7.69. The SMILES string of the molecule is O=C(CS(=O)/C=C(\[O-])c1ccccc1)Nc1ccccc1. The molecule has 1 amide bonds. The van der Waals surface area contributed by atoms with E-state index in [-0.39, 0.29) is 11.5 Å². The topological polar surface area (TPSA) is 69.2 Å². The molecule has 2 rings (SSSR count). The molecule has 0 radical (unpaired) electrons. The molecule has 1 unspecified atom stereocenters. The Bertz CT molecular complexity index is 654. The molecule has 0 fully saturated rings. The summed E-state index contributed by atoms with van der Waals surface area (Å²) in [7, 11) is -1.64. The minimum atomic E-state index is -1.64. The predicted molar refractivity (Wildman–Crippen MR) is 82.5 cm³/mol. The molecule has 0 aliphatic rings. The van der Waals surface area contributed by atoms with Gasteiger partial charge in [-0.05, 0) is 23.1 Å². The van der Waals surface area contributed by atoms with Crippen LogP contribution in [0.4, 0.5) is 5.69 Å². The first kappa shape index (κ1) is 15.0. The highest BCUT2D eigenvalue weighted by atomic mass is 32.2. The average Bonchev–Trinajstić information content (AvgIpc) is 2.48. The van der Waals surface area contributed by atoms with Gasteiger partial charge in [-0.25, -0.2) is 0 Å². The molecule has 0 saturated carbocycles. The van der Waals surface area contributed by atoms with E-state index in [1.165, 1.54) is 0 Å². The van der Waals surface area contributed by atoms with Crippen LogP contribution in [0.15, 0.2) is 66.1 Å². The smallest absolute Gasteiger partial charge is 0.237 e. The molecular weight excluding hydrogens is 286 g/mol. The van der Waals surface area contributed by atoms with E-state index >= 15 is 0 Å². The Hall–Kier alpha value is -2.40. The molecule has 0 aromatic heterocycles. The monoisotopic (exact) mass is 300 g/mol. The average molecular weight is 300 g/mol. The van der Waals surface area contributed by atoms with Crippen LogP contribution in [0, 0.1) is 0 Å².